The van der Waals surface area contributed by atoms with Crippen molar-refractivity contribution in [2.75, 3.05) is 26.2 Å². The molecule has 1 aromatic carbocycles. The Labute approximate surface area is 142 Å². The van der Waals surface area contributed by atoms with Crippen LogP contribution >= 0.6 is 47.4 Å². The Balaban J connectivity index is 0.00000162. The summed E-state index contributed by atoms with van der Waals surface area (Å²) in [6.07, 6.45) is 3.06. The van der Waals surface area contributed by atoms with E-state index in [9.17, 15) is 0 Å². The van der Waals surface area contributed by atoms with Gasteiger partial charge in [-0.25, -0.2) is 0 Å². The third-order valence-electron chi connectivity index (χ3n) is 3.24. The van der Waals surface area contributed by atoms with Crippen molar-refractivity contribution in [2.24, 2.45) is 0 Å². The smallest absolute Gasteiger partial charge is 0.0383 e. The van der Waals surface area contributed by atoms with E-state index in [2.05, 4.69) is 63.7 Å². The van der Waals surface area contributed by atoms with Crippen LogP contribution in [-0.2, 0) is 0 Å². The molecule has 0 bridgehead atoms. The molecule has 1 aliphatic heterocycles. The molecule has 19 heavy (non-hydrogen) atoms. The molecule has 0 aliphatic carbocycles. The Hall–Kier alpha value is 0.190. The molecule has 1 N–H and O–H groups in total. The number of piperazine rings is 1. The molecule has 1 saturated heterocycles. The van der Waals surface area contributed by atoms with E-state index in [0.29, 0.717) is 6.04 Å². The van der Waals surface area contributed by atoms with Gasteiger partial charge in [0.1, 0.15) is 0 Å². The first-order chi connectivity index (χ1) is 8.31. The lowest BCUT2D eigenvalue weighted by Gasteiger charge is -2.34. The summed E-state index contributed by atoms with van der Waals surface area (Å²) in [4.78, 5) is 2.56. The van der Waals surface area contributed by atoms with Crippen molar-refractivity contribution in [3.8, 4) is 0 Å². The lowest BCUT2D eigenvalue weighted by Crippen LogP contribution is -2.45. The summed E-state index contributed by atoms with van der Waals surface area (Å²) in [6, 6.07) is 9.37. The lowest BCUT2D eigenvalue weighted by atomic mass is 10.0. The number of nitrogens with one attached hydrogen (secondary N) is 1. The fourth-order valence-electron chi connectivity index (χ4n) is 2.33. The van der Waals surface area contributed by atoms with E-state index in [0.717, 1.165) is 32.6 Å². The van der Waals surface area contributed by atoms with Gasteiger partial charge in [-0.15, -0.1) is 31.4 Å². The molecule has 1 aromatic rings. The van der Waals surface area contributed by atoms with Crippen LogP contribution in [0.2, 0.25) is 0 Å². The summed E-state index contributed by atoms with van der Waals surface area (Å²) in [7, 11) is 0. The van der Waals surface area contributed by atoms with Crippen LogP contribution < -0.4 is 5.32 Å². The second kappa shape index (κ2) is 10.00. The normalized spacial score (nSPS) is 16.9. The quantitative estimate of drug-likeness (QED) is 0.597. The molecule has 108 valence electrons. The van der Waals surface area contributed by atoms with Crippen LogP contribution in [0.3, 0.4) is 0 Å². The number of rotatable bonds is 4. The Morgan fingerprint density at radius 1 is 1.21 bits per heavy atom. The van der Waals surface area contributed by atoms with Crippen LogP contribution in [0.15, 0.2) is 36.9 Å². The van der Waals surface area contributed by atoms with Gasteiger partial charge < -0.3 is 5.32 Å². The first-order valence-electron chi connectivity index (χ1n) is 6.12. The predicted octanol–water partition coefficient (Wildman–Crippen LogP) is 3.66. The Kier molecular flexibility index (Phi) is 10.1. The second-order valence-corrected chi connectivity index (χ2v) is 5.62. The highest BCUT2D eigenvalue weighted by molar-refractivity contribution is 14.1. The van der Waals surface area contributed by atoms with E-state index >= 15 is 0 Å². The topological polar surface area (TPSA) is 15.3 Å². The van der Waals surface area contributed by atoms with Crippen LogP contribution in [0.1, 0.15) is 18.0 Å². The molecular formula is C14H21Cl2IN2. The average molecular weight is 415 g/mol. The lowest BCUT2D eigenvalue weighted by molar-refractivity contribution is 0.174. The highest BCUT2D eigenvalue weighted by atomic mass is 127. The van der Waals surface area contributed by atoms with E-state index in [4.69, 9.17) is 0 Å². The van der Waals surface area contributed by atoms with Gasteiger partial charge in [0.25, 0.3) is 0 Å². The number of hydrogen-bond acceptors (Lipinski definition) is 2. The third-order valence-corrected chi connectivity index (χ3v) is 3.96. The molecular weight excluding hydrogens is 394 g/mol. The molecule has 2 rings (SSSR count). The molecule has 0 amide bonds. The monoisotopic (exact) mass is 414 g/mol. The number of halogens is 3. The highest BCUT2D eigenvalue weighted by Gasteiger charge is 2.20. The number of benzene rings is 1. The zero-order valence-electron chi connectivity index (χ0n) is 10.8. The molecule has 0 saturated carbocycles. The summed E-state index contributed by atoms with van der Waals surface area (Å²) < 4.78 is 1.30. The first kappa shape index (κ1) is 19.2. The second-order valence-electron chi connectivity index (χ2n) is 4.38. The van der Waals surface area contributed by atoms with Crippen LogP contribution in [0.5, 0.6) is 0 Å². The Morgan fingerprint density at radius 2 is 1.79 bits per heavy atom. The van der Waals surface area contributed by atoms with Crippen LogP contribution in [-0.4, -0.2) is 31.1 Å². The molecule has 5 heteroatoms. The van der Waals surface area contributed by atoms with E-state index < -0.39 is 0 Å². The van der Waals surface area contributed by atoms with Crippen molar-refractivity contribution in [1.82, 2.24) is 10.2 Å². The summed E-state index contributed by atoms with van der Waals surface area (Å²) >= 11 is 2.35. The molecule has 0 aromatic heterocycles. The molecule has 1 aliphatic rings. The van der Waals surface area contributed by atoms with E-state index in [-0.39, 0.29) is 24.8 Å². The van der Waals surface area contributed by atoms with Gasteiger partial charge in [-0.2, -0.15) is 0 Å². The van der Waals surface area contributed by atoms with Crippen molar-refractivity contribution in [2.45, 2.75) is 12.5 Å². The van der Waals surface area contributed by atoms with Crippen LogP contribution in [0.25, 0.3) is 0 Å². The number of nitrogens with zero attached hydrogens (tertiary/aromatic N) is 1. The Morgan fingerprint density at radius 3 is 2.32 bits per heavy atom. The average Bonchev–Trinajstić information content (AvgIpc) is 2.38. The van der Waals surface area contributed by atoms with Gasteiger partial charge in [0.2, 0.25) is 0 Å². The van der Waals surface area contributed by atoms with Crippen molar-refractivity contribution < 1.29 is 0 Å². The minimum Gasteiger partial charge on any atom is -0.314 e. The summed E-state index contributed by atoms with van der Waals surface area (Å²) in [5.41, 5.74) is 1.41. The van der Waals surface area contributed by atoms with Crippen molar-refractivity contribution >= 4 is 47.4 Å². The minimum atomic E-state index is 0. The molecule has 0 radical (unpaired) electrons. The van der Waals surface area contributed by atoms with Crippen LogP contribution in [0.4, 0.5) is 0 Å². The van der Waals surface area contributed by atoms with Crippen LogP contribution in [0, 0.1) is 3.57 Å². The van der Waals surface area contributed by atoms with Gasteiger partial charge in [-0.05, 0) is 46.7 Å². The molecule has 1 heterocycles. The molecule has 2 nitrogen and oxygen atoms in total. The van der Waals surface area contributed by atoms with Crippen molar-refractivity contribution in [3.63, 3.8) is 0 Å². The van der Waals surface area contributed by atoms with Gasteiger partial charge in [0, 0.05) is 35.8 Å². The van der Waals surface area contributed by atoms with Gasteiger partial charge in [0.05, 0.1) is 0 Å². The molecule has 0 unspecified atom stereocenters. The van der Waals surface area contributed by atoms with E-state index in [1.165, 1.54) is 9.13 Å². The third kappa shape index (κ3) is 5.60. The van der Waals surface area contributed by atoms with E-state index in [1.54, 1.807) is 0 Å². The molecule has 1 fully saturated rings. The zero-order valence-corrected chi connectivity index (χ0v) is 14.6. The molecule has 0 spiro atoms. The minimum absolute atomic E-state index is 0. The summed E-state index contributed by atoms with van der Waals surface area (Å²) in [5, 5.41) is 3.40. The summed E-state index contributed by atoms with van der Waals surface area (Å²) in [5.74, 6) is 0. The Bertz CT molecular complexity index is 364. The summed E-state index contributed by atoms with van der Waals surface area (Å²) in [6.45, 7) is 8.34. The fourth-order valence-corrected chi connectivity index (χ4v) is 2.69. The highest BCUT2D eigenvalue weighted by Crippen LogP contribution is 2.25. The SMILES string of the molecule is C=CC[C@@H](c1ccc(I)cc1)N1CCNCC1.Cl.Cl. The predicted molar refractivity (Wildman–Crippen MR) is 95.7 cm³/mol. The molecule has 1 atom stereocenters. The van der Waals surface area contributed by atoms with Gasteiger partial charge in [-0.1, -0.05) is 18.2 Å². The maximum absolute atomic E-state index is 3.89. The van der Waals surface area contributed by atoms with Crippen molar-refractivity contribution in [1.29, 1.82) is 0 Å². The maximum atomic E-state index is 3.89. The number of hydrogen-bond donors (Lipinski definition) is 1. The maximum Gasteiger partial charge on any atom is 0.0383 e. The van der Waals surface area contributed by atoms with E-state index in [1.807, 2.05) is 6.08 Å². The fraction of sp³-hybridized carbons (Fsp3) is 0.429. The standard InChI is InChI=1S/C14H19IN2.2ClH/c1-2-3-14(17-10-8-16-9-11-17)12-4-6-13(15)7-5-12;;/h2,4-7,14,16H,1,3,8-11H2;2*1H/t14-;;/m0../s1. The van der Waals surface area contributed by atoms with Gasteiger partial charge in [-0.3, -0.25) is 4.90 Å². The first-order valence-corrected chi connectivity index (χ1v) is 7.20. The van der Waals surface area contributed by atoms with Crippen molar-refractivity contribution in [3.05, 3.63) is 46.1 Å². The zero-order chi connectivity index (χ0) is 12.1. The van der Waals surface area contributed by atoms with Gasteiger partial charge in [0.15, 0.2) is 0 Å². The van der Waals surface area contributed by atoms with Gasteiger partial charge >= 0.3 is 0 Å². The largest absolute Gasteiger partial charge is 0.314 e.